The van der Waals surface area contributed by atoms with Crippen LogP contribution in [0.4, 0.5) is 15.9 Å². The maximum Gasteiger partial charge on any atom is 0.142 e. The molecule has 156 valence electrons. The minimum Gasteiger partial charge on any atom is -0.495 e. The highest BCUT2D eigenvalue weighted by Gasteiger charge is 2.17. The van der Waals surface area contributed by atoms with E-state index >= 15 is 0 Å². The van der Waals surface area contributed by atoms with Crippen molar-refractivity contribution in [2.24, 2.45) is 0 Å². The quantitative estimate of drug-likeness (QED) is 0.412. The summed E-state index contributed by atoms with van der Waals surface area (Å²) in [6.45, 7) is 4.22. The number of halogens is 3. The predicted molar refractivity (Wildman–Crippen MR) is 122 cm³/mol. The fourth-order valence-electron chi connectivity index (χ4n) is 2.81. The lowest BCUT2D eigenvalue weighted by molar-refractivity contribution is 0.336. The molecule has 3 rings (SSSR count). The molecule has 4 nitrogen and oxygen atoms in total. The van der Waals surface area contributed by atoms with Gasteiger partial charge < -0.3 is 14.8 Å². The van der Waals surface area contributed by atoms with E-state index in [1.165, 1.54) is 19.4 Å². The van der Waals surface area contributed by atoms with Crippen LogP contribution in [-0.2, 0) is 0 Å². The number of hydrogen-bond acceptors (Lipinski definition) is 4. The van der Waals surface area contributed by atoms with Gasteiger partial charge >= 0.3 is 0 Å². The van der Waals surface area contributed by atoms with E-state index in [9.17, 15) is 4.39 Å². The van der Waals surface area contributed by atoms with E-state index in [4.69, 9.17) is 32.7 Å². The van der Waals surface area contributed by atoms with Gasteiger partial charge in [0.15, 0.2) is 0 Å². The summed E-state index contributed by atoms with van der Waals surface area (Å²) in [5.41, 5.74) is 2.59. The number of methoxy groups -OCH3 is 1. The third-order valence-corrected chi connectivity index (χ3v) is 5.19. The van der Waals surface area contributed by atoms with Crippen molar-refractivity contribution in [3.8, 4) is 11.5 Å². The average molecular weight is 447 g/mol. The van der Waals surface area contributed by atoms with Gasteiger partial charge in [-0.3, -0.25) is 0 Å². The molecular weight excluding hydrogens is 426 g/mol. The standard InChI is InChI=1S/C23H21Cl2FN2O2/c1-4-30-20-12-19(29-3)22(24)16(23(20)25)11-17(26)15-9-10-21(27-13-15)28-18-8-6-5-7-14(18)2/h5-13H,4H2,1-3H3,(H,27,28)/b17-11-. The van der Waals surface area contributed by atoms with Gasteiger partial charge in [-0.1, -0.05) is 41.4 Å². The van der Waals surface area contributed by atoms with Crippen molar-refractivity contribution in [2.45, 2.75) is 13.8 Å². The number of benzene rings is 2. The molecule has 0 unspecified atom stereocenters. The van der Waals surface area contributed by atoms with Crippen LogP contribution in [0.2, 0.25) is 10.0 Å². The molecule has 0 fully saturated rings. The molecule has 1 N–H and O–H groups in total. The van der Waals surface area contributed by atoms with Crippen molar-refractivity contribution in [1.29, 1.82) is 0 Å². The summed E-state index contributed by atoms with van der Waals surface area (Å²) in [6.07, 6.45) is 2.69. The molecule has 7 heteroatoms. The second-order valence-electron chi connectivity index (χ2n) is 6.42. The molecule has 0 aliphatic carbocycles. The molecule has 0 atom stereocenters. The van der Waals surface area contributed by atoms with E-state index in [2.05, 4.69) is 10.3 Å². The van der Waals surface area contributed by atoms with Crippen LogP contribution in [-0.4, -0.2) is 18.7 Å². The number of aryl methyl sites for hydroxylation is 1. The summed E-state index contributed by atoms with van der Waals surface area (Å²) in [4.78, 5) is 4.30. The molecule has 30 heavy (non-hydrogen) atoms. The fourth-order valence-corrected chi connectivity index (χ4v) is 3.40. The van der Waals surface area contributed by atoms with Crippen molar-refractivity contribution in [1.82, 2.24) is 4.98 Å². The van der Waals surface area contributed by atoms with Gasteiger partial charge in [-0.2, -0.15) is 0 Å². The maximum absolute atomic E-state index is 15.0. The number of ether oxygens (including phenoxy) is 2. The predicted octanol–water partition coefficient (Wildman–Crippen LogP) is 7.32. The highest BCUT2D eigenvalue weighted by atomic mass is 35.5. The summed E-state index contributed by atoms with van der Waals surface area (Å²) in [7, 11) is 1.47. The number of rotatable bonds is 7. The largest absolute Gasteiger partial charge is 0.495 e. The first-order valence-corrected chi connectivity index (χ1v) is 10.0. The van der Waals surface area contributed by atoms with Crippen molar-refractivity contribution < 1.29 is 13.9 Å². The van der Waals surface area contributed by atoms with Crippen molar-refractivity contribution in [3.05, 3.63) is 75.4 Å². The Morgan fingerprint density at radius 1 is 1.13 bits per heavy atom. The minimum atomic E-state index is -0.538. The molecule has 0 saturated heterocycles. The van der Waals surface area contributed by atoms with Gasteiger partial charge in [0, 0.05) is 29.1 Å². The molecule has 0 aliphatic heterocycles. The van der Waals surface area contributed by atoms with Gasteiger partial charge in [0.25, 0.3) is 0 Å². The first-order chi connectivity index (χ1) is 14.4. The number of nitrogens with one attached hydrogen (secondary N) is 1. The van der Waals surface area contributed by atoms with Crippen molar-refractivity contribution in [2.75, 3.05) is 19.0 Å². The lowest BCUT2D eigenvalue weighted by Crippen LogP contribution is -1.97. The Labute approximate surface area is 185 Å². The summed E-state index contributed by atoms with van der Waals surface area (Å²) < 4.78 is 25.7. The van der Waals surface area contributed by atoms with Crippen LogP contribution in [0.5, 0.6) is 11.5 Å². The van der Waals surface area contributed by atoms with Crippen LogP contribution < -0.4 is 14.8 Å². The third kappa shape index (κ3) is 4.86. The third-order valence-electron chi connectivity index (χ3n) is 4.41. The lowest BCUT2D eigenvalue weighted by atomic mass is 10.1. The van der Waals surface area contributed by atoms with Gasteiger partial charge in [-0.15, -0.1) is 0 Å². The maximum atomic E-state index is 15.0. The highest BCUT2D eigenvalue weighted by molar-refractivity contribution is 6.39. The van der Waals surface area contributed by atoms with E-state index in [0.717, 1.165) is 11.3 Å². The van der Waals surface area contributed by atoms with Crippen LogP contribution in [0.25, 0.3) is 11.9 Å². The Morgan fingerprint density at radius 3 is 2.50 bits per heavy atom. The molecule has 0 spiro atoms. The molecular formula is C23H21Cl2FN2O2. The molecule has 0 amide bonds. The number of para-hydroxylation sites is 1. The zero-order chi connectivity index (χ0) is 21.7. The number of hydrogen-bond donors (Lipinski definition) is 1. The summed E-state index contributed by atoms with van der Waals surface area (Å²) in [5, 5.41) is 3.63. The van der Waals surface area contributed by atoms with E-state index in [0.29, 0.717) is 29.5 Å². The average Bonchev–Trinajstić information content (AvgIpc) is 2.75. The van der Waals surface area contributed by atoms with E-state index in [-0.39, 0.29) is 15.6 Å². The molecule has 1 aromatic heterocycles. The van der Waals surface area contributed by atoms with Crippen molar-refractivity contribution >= 4 is 46.6 Å². The van der Waals surface area contributed by atoms with Crippen LogP contribution in [0.1, 0.15) is 23.6 Å². The molecule has 0 bridgehead atoms. The summed E-state index contributed by atoms with van der Waals surface area (Å²) in [6, 6.07) is 12.8. The molecule has 3 aromatic rings. The number of anilines is 2. The summed E-state index contributed by atoms with van der Waals surface area (Å²) in [5.74, 6) is 0.788. The van der Waals surface area contributed by atoms with Crippen molar-refractivity contribution in [3.63, 3.8) is 0 Å². The van der Waals surface area contributed by atoms with Gasteiger partial charge in [0.2, 0.25) is 0 Å². The monoisotopic (exact) mass is 446 g/mol. The Kier molecular flexibility index (Phi) is 7.19. The molecule has 0 aliphatic rings. The van der Waals surface area contributed by atoms with Gasteiger partial charge in [0.05, 0.1) is 23.8 Å². The summed E-state index contributed by atoms with van der Waals surface area (Å²) >= 11 is 12.7. The first-order valence-electron chi connectivity index (χ1n) is 9.29. The van der Waals surface area contributed by atoms with Crippen LogP contribution in [0.3, 0.4) is 0 Å². The van der Waals surface area contributed by atoms with Gasteiger partial charge in [0.1, 0.15) is 23.1 Å². The zero-order valence-corrected chi connectivity index (χ0v) is 18.3. The Balaban J connectivity index is 1.90. The lowest BCUT2D eigenvalue weighted by Gasteiger charge is -2.13. The molecule has 2 aromatic carbocycles. The van der Waals surface area contributed by atoms with Gasteiger partial charge in [-0.05, 0) is 43.7 Å². The van der Waals surface area contributed by atoms with Gasteiger partial charge in [-0.25, -0.2) is 9.37 Å². The van der Waals surface area contributed by atoms with Crippen LogP contribution in [0.15, 0.2) is 48.7 Å². The SMILES string of the molecule is CCOc1cc(OC)c(Cl)c(/C=C(\F)c2ccc(Nc3ccccc3C)nc2)c1Cl. The number of aromatic nitrogens is 1. The number of nitrogens with zero attached hydrogens (tertiary/aromatic N) is 1. The smallest absolute Gasteiger partial charge is 0.142 e. The second-order valence-corrected chi connectivity index (χ2v) is 7.17. The van der Waals surface area contributed by atoms with Crippen LogP contribution in [0, 0.1) is 6.92 Å². The minimum absolute atomic E-state index is 0.201. The Hall–Kier alpha value is -2.76. The van der Waals surface area contributed by atoms with Crippen LogP contribution >= 0.6 is 23.2 Å². The molecule has 1 heterocycles. The second kappa shape index (κ2) is 9.83. The molecule has 0 radical (unpaired) electrons. The van der Waals surface area contributed by atoms with E-state index in [1.807, 2.05) is 38.1 Å². The molecule has 0 saturated carbocycles. The highest BCUT2D eigenvalue weighted by Crippen LogP contribution is 2.42. The Morgan fingerprint density at radius 2 is 1.87 bits per heavy atom. The Bertz CT molecular complexity index is 1070. The van der Waals surface area contributed by atoms with E-state index < -0.39 is 5.83 Å². The topological polar surface area (TPSA) is 43.4 Å². The fraction of sp³-hybridized carbons (Fsp3) is 0.174. The first kappa shape index (κ1) is 21.9. The number of pyridine rings is 1. The normalized spacial score (nSPS) is 11.3. The van der Waals surface area contributed by atoms with E-state index in [1.54, 1.807) is 18.2 Å². The zero-order valence-electron chi connectivity index (χ0n) is 16.8.